The Labute approximate surface area is 202 Å². The number of aliphatic hydroxyl groups excluding tert-OH is 1. The van der Waals surface area contributed by atoms with Crippen LogP contribution in [0.5, 0.6) is 5.75 Å². The molecule has 1 saturated carbocycles. The number of nitrogens with one attached hydrogen (secondary N) is 1. The SMILES string of the molecule is CNc1ncnc2c1ccn2[C@@H]1O[C@@H]2[C@@H](Oc3ccc4cc(Br)c(N)nc4c3)CC[C@]2(O)[C@H]1O. The van der Waals surface area contributed by atoms with E-state index in [9.17, 15) is 10.2 Å². The quantitative estimate of drug-likeness (QED) is 0.315. The summed E-state index contributed by atoms with van der Waals surface area (Å²) >= 11 is 3.39. The lowest BCUT2D eigenvalue weighted by Crippen LogP contribution is -2.47. The molecular formula is C23H23BrN6O4. The first-order valence-corrected chi connectivity index (χ1v) is 11.8. The Bertz CT molecular complexity index is 1410. The molecule has 3 aromatic heterocycles. The van der Waals surface area contributed by atoms with Gasteiger partial charge in [0.15, 0.2) is 6.23 Å². The second kappa shape index (κ2) is 7.77. The van der Waals surface area contributed by atoms with Gasteiger partial charge in [0.1, 0.15) is 53.3 Å². The minimum Gasteiger partial charge on any atom is -0.488 e. The molecule has 1 aliphatic carbocycles. The molecule has 1 aromatic carbocycles. The molecule has 2 aliphatic rings. The summed E-state index contributed by atoms with van der Waals surface area (Å²) in [7, 11) is 1.78. The van der Waals surface area contributed by atoms with Gasteiger partial charge in [-0.2, -0.15) is 0 Å². The number of ether oxygens (including phenoxy) is 2. The van der Waals surface area contributed by atoms with Gasteiger partial charge < -0.3 is 35.3 Å². The van der Waals surface area contributed by atoms with Gasteiger partial charge in [-0.1, -0.05) is 0 Å². The standard InChI is InChI=1S/C23H23BrN6O4/c1-26-20-13-5-7-30(21(13)28-10-27-20)22-17(31)23(32)6-4-16(18(23)34-22)33-12-3-2-11-8-14(24)19(25)29-15(11)9-12/h2-3,5,7-10,16-18,22,31-32H,4,6H2,1H3,(H2,25,29)(H,26,27,28)/t16-,17-,18+,22+,23-/m0/s1. The van der Waals surface area contributed by atoms with Crippen LogP contribution in [-0.2, 0) is 4.74 Å². The largest absolute Gasteiger partial charge is 0.488 e. The Balaban J connectivity index is 1.29. The van der Waals surface area contributed by atoms with Gasteiger partial charge in [-0.05, 0) is 53.0 Å². The normalized spacial score (nSPS) is 28.5. The second-order valence-electron chi connectivity index (χ2n) is 8.72. The third-order valence-corrected chi connectivity index (χ3v) is 7.44. The number of nitrogen functional groups attached to an aromatic ring is 1. The fourth-order valence-corrected chi connectivity index (χ4v) is 5.42. The van der Waals surface area contributed by atoms with Gasteiger partial charge in [0.2, 0.25) is 0 Å². The predicted molar refractivity (Wildman–Crippen MR) is 129 cm³/mol. The van der Waals surface area contributed by atoms with E-state index in [-0.39, 0.29) is 0 Å². The molecule has 1 aliphatic heterocycles. The maximum absolute atomic E-state index is 11.4. The summed E-state index contributed by atoms with van der Waals surface area (Å²) < 4.78 is 15.0. The molecule has 176 valence electrons. The Morgan fingerprint density at radius 2 is 2.15 bits per heavy atom. The summed E-state index contributed by atoms with van der Waals surface area (Å²) in [6.45, 7) is 0. The van der Waals surface area contributed by atoms with Crippen LogP contribution in [0.2, 0.25) is 0 Å². The number of hydrogen-bond acceptors (Lipinski definition) is 9. The summed E-state index contributed by atoms with van der Waals surface area (Å²) in [5, 5.41) is 27.3. The third kappa shape index (κ3) is 3.15. The zero-order valence-corrected chi connectivity index (χ0v) is 19.8. The summed E-state index contributed by atoms with van der Waals surface area (Å²) in [4.78, 5) is 13.0. The van der Waals surface area contributed by atoms with Crippen molar-refractivity contribution in [3.63, 3.8) is 0 Å². The zero-order chi connectivity index (χ0) is 23.6. The molecule has 0 spiro atoms. The predicted octanol–water partition coefficient (Wildman–Crippen LogP) is 2.60. The van der Waals surface area contributed by atoms with Crippen LogP contribution in [0.15, 0.2) is 47.3 Å². The Morgan fingerprint density at radius 1 is 1.29 bits per heavy atom. The second-order valence-corrected chi connectivity index (χ2v) is 9.58. The van der Waals surface area contributed by atoms with E-state index in [2.05, 4.69) is 36.2 Å². The average Bonchev–Trinajstić information content (AvgIpc) is 3.47. The van der Waals surface area contributed by atoms with Crippen molar-refractivity contribution in [1.82, 2.24) is 19.5 Å². The molecule has 1 saturated heterocycles. The zero-order valence-electron chi connectivity index (χ0n) is 18.2. The van der Waals surface area contributed by atoms with Crippen molar-refractivity contribution in [1.29, 1.82) is 0 Å². The van der Waals surface area contributed by atoms with Gasteiger partial charge in [-0.15, -0.1) is 0 Å². The van der Waals surface area contributed by atoms with Gasteiger partial charge in [-0.25, -0.2) is 15.0 Å². The van der Waals surface area contributed by atoms with Gasteiger partial charge in [-0.3, -0.25) is 0 Å². The number of aliphatic hydroxyl groups is 2. The average molecular weight is 527 g/mol. The number of anilines is 2. The van der Waals surface area contributed by atoms with E-state index in [1.807, 2.05) is 30.3 Å². The molecule has 0 bridgehead atoms. The van der Waals surface area contributed by atoms with E-state index in [1.165, 1.54) is 6.33 Å². The highest BCUT2D eigenvalue weighted by Gasteiger charge is 2.62. The molecule has 11 heteroatoms. The van der Waals surface area contributed by atoms with Crippen LogP contribution in [-0.4, -0.2) is 60.7 Å². The lowest BCUT2D eigenvalue weighted by atomic mass is 9.94. The molecular weight excluding hydrogens is 504 g/mol. The molecule has 34 heavy (non-hydrogen) atoms. The van der Waals surface area contributed by atoms with E-state index in [4.69, 9.17) is 15.2 Å². The summed E-state index contributed by atoms with van der Waals surface area (Å²) in [5.41, 5.74) is 5.80. The van der Waals surface area contributed by atoms with Crippen molar-refractivity contribution >= 4 is 49.5 Å². The van der Waals surface area contributed by atoms with Crippen molar-refractivity contribution in [2.75, 3.05) is 18.1 Å². The van der Waals surface area contributed by atoms with E-state index in [0.717, 1.165) is 15.2 Å². The number of hydrogen-bond donors (Lipinski definition) is 4. The molecule has 5 atom stereocenters. The minimum absolute atomic E-state index is 0.349. The summed E-state index contributed by atoms with van der Waals surface area (Å²) in [5.74, 6) is 1.67. The fourth-order valence-electron chi connectivity index (χ4n) is 5.08. The van der Waals surface area contributed by atoms with Crippen LogP contribution >= 0.6 is 15.9 Å². The maximum Gasteiger partial charge on any atom is 0.164 e. The molecule has 2 fully saturated rings. The first-order valence-electron chi connectivity index (χ1n) is 11.0. The van der Waals surface area contributed by atoms with Crippen molar-refractivity contribution in [3.8, 4) is 5.75 Å². The number of aromatic nitrogens is 4. The smallest absolute Gasteiger partial charge is 0.164 e. The van der Waals surface area contributed by atoms with Gasteiger partial charge in [0.25, 0.3) is 0 Å². The van der Waals surface area contributed by atoms with Gasteiger partial charge in [0, 0.05) is 24.7 Å². The molecule has 0 amide bonds. The topological polar surface area (TPSA) is 141 Å². The highest BCUT2D eigenvalue weighted by molar-refractivity contribution is 9.10. The lowest BCUT2D eigenvalue weighted by molar-refractivity contribution is -0.0791. The van der Waals surface area contributed by atoms with Crippen LogP contribution in [0.3, 0.4) is 0 Å². The molecule has 4 heterocycles. The Morgan fingerprint density at radius 3 is 2.97 bits per heavy atom. The molecule has 0 unspecified atom stereocenters. The molecule has 0 radical (unpaired) electrons. The van der Waals surface area contributed by atoms with Crippen LogP contribution in [0.1, 0.15) is 19.1 Å². The Hall–Kier alpha value is -2.99. The third-order valence-electron chi connectivity index (χ3n) is 6.81. The van der Waals surface area contributed by atoms with E-state index in [1.54, 1.807) is 17.8 Å². The lowest BCUT2D eigenvalue weighted by Gasteiger charge is -2.26. The van der Waals surface area contributed by atoms with E-state index in [0.29, 0.717) is 41.4 Å². The highest BCUT2D eigenvalue weighted by atomic mass is 79.9. The van der Waals surface area contributed by atoms with Crippen molar-refractivity contribution < 1.29 is 19.7 Å². The van der Waals surface area contributed by atoms with Crippen molar-refractivity contribution in [2.45, 2.75) is 43.0 Å². The number of halogens is 1. The number of rotatable bonds is 4. The van der Waals surface area contributed by atoms with Crippen molar-refractivity contribution in [3.05, 3.63) is 47.3 Å². The van der Waals surface area contributed by atoms with E-state index < -0.39 is 30.1 Å². The van der Waals surface area contributed by atoms with Crippen LogP contribution in [0.25, 0.3) is 21.9 Å². The minimum atomic E-state index is -1.44. The van der Waals surface area contributed by atoms with Gasteiger partial charge in [0.05, 0.1) is 15.4 Å². The van der Waals surface area contributed by atoms with Crippen LogP contribution in [0, 0.1) is 0 Å². The first-order chi connectivity index (χ1) is 16.4. The Kier molecular flexibility index (Phi) is 4.92. The summed E-state index contributed by atoms with van der Waals surface area (Å²) in [6.07, 6.45) is 1.00. The molecule has 4 aromatic rings. The molecule has 6 rings (SSSR count). The number of nitrogens with zero attached hydrogens (tertiary/aromatic N) is 4. The number of fused-ring (bicyclic) bond motifs is 3. The molecule has 5 N–H and O–H groups in total. The summed E-state index contributed by atoms with van der Waals surface area (Å²) in [6, 6.07) is 9.33. The van der Waals surface area contributed by atoms with Gasteiger partial charge >= 0.3 is 0 Å². The monoisotopic (exact) mass is 526 g/mol. The fraction of sp³-hybridized carbons (Fsp3) is 0.348. The van der Waals surface area contributed by atoms with Crippen molar-refractivity contribution in [2.24, 2.45) is 0 Å². The highest BCUT2D eigenvalue weighted by Crippen LogP contribution is 2.48. The van der Waals surface area contributed by atoms with Crippen LogP contribution in [0.4, 0.5) is 11.6 Å². The number of pyridine rings is 1. The number of nitrogens with two attached hydrogens (primary N) is 1. The number of benzene rings is 1. The molecule has 10 nitrogen and oxygen atoms in total. The first kappa shape index (κ1) is 21.5. The van der Waals surface area contributed by atoms with Crippen LogP contribution < -0.4 is 15.8 Å². The maximum atomic E-state index is 11.4. The van der Waals surface area contributed by atoms with E-state index >= 15 is 0 Å².